The van der Waals surface area contributed by atoms with Gasteiger partial charge in [0.15, 0.2) is 0 Å². The number of nitrogens with one attached hydrogen (secondary N) is 1. The third-order valence-corrected chi connectivity index (χ3v) is 4.43. The molecule has 1 heterocycles. The lowest BCUT2D eigenvalue weighted by atomic mass is 10.2. The molecule has 0 saturated carbocycles. The van der Waals surface area contributed by atoms with Crippen molar-refractivity contribution in [3.63, 3.8) is 0 Å². The number of ether oxygens (including phenoxy) is 3. The number of carbonyl (C=O) groups is 1. The zero-order valence-corrected chi connectivity index (χ0v) is 15.8. The van der Waals surface area contributed by atoms with E-state index in [2.05, 4.69) is 12.2 Å². The Kier molecular flexibility index (Phi) is 7.11. The van der Waals surface area contributed by atoms with Gasteiger partial charge in [-0.1, -0.05) is 19.4 Å². The molecule has 1 amide bonds. The number of hydrogen-bond donors (Lipinski definition) is 1. The molecule has 1 aliphatic heterocycles. The van der Waals surface area contributed by atoms with E-state index in [0.717, 1.165) is 43.8 Å². The van der Waals surface area contributed by atoms with Gasteiger partial charge in [-0.25, -0.2) is 0 Å². The van der Waals surface area contributed by atoms with Crippen molar-refractivity contribution in [3.8, 4) is 11.5 Å². The first-order valence-electron chi connectivity index (χ1n) is 9.63. The highest BCUT2D eigenvalue weighted by Crippen LogP contribution is 2.20. The van der Waals surface area contributed by atoms with Gasteiger partial charge in [-0.05, 0) is 55.7 Å². The van der Waals surface area contributed by atoms with Crippen molar-refractivity contribution in [3.05, 3.63) is 54.1 Å². The van der Waals surface area contributed by atoms with Crippen LogP contribution in [-0.4, -0.2) is 31.8 Å². The highest BCUT2D eigenvalue weighted by Gasteiger charge is 2.16. The minimum atomic E-state index is -0.161. The molecule has 144 valence electrons. The number of anilines is 1. The van der Waals surface area contributed by atoms with E-state index in [9.17, 15) is 4.79 Å². The molecule has 0 aromatic heterocycles. The molecule has 5 heteroatoms. The van der Waals surface area contributed by atoms with Crippen LogP contribution in [0.3, 0.4) is 0 Å². The number of amides is 1. The minimum Gasteiger partial charge on any atom is -0.494 e. The molecule has 1 atom stereocenters. The third kappa shape index (κ3) is 6.00. The van der Waals surface area contributed by atoms with Crippen molar-refractivity contribution < 1.29 is 19.0 Å². The van der Waals surface area contributed by atoms with Gasteiger partial charge in [-0.2, -0.15) is 0 Å². The summed E-state index contributed by atoms with van der Waals surface area (Å²) in [6.07, 6.45) is 4.42. The van der Waals surface area contributed by atoms with Crippen molar-refractivity contribution in [1.29, 1.82) is 0 Å². The van der Waals surface area contributed by atoms with Gasteiger partial charge in [0.1, 0.15) is 18.1 Å². The van der Waals surface area contributed by atoms with E-state index in [1.54, 1.807) is 12.1 Å². The van der Waals surface area contributed by atoms with E-state index < -0.39 is 0 Å². The molecule has 0 bridgehead atoms. The van der Waals surface area contributed by atoms with Gasteiger partial charge in [0.25, 0.3) is 5.91 Å². The molecule has 1 fully saturated rings. The van der Waals surface area contributed by atoms with Gasteiger partial charge in [0.2, 0.25) is 0 Å². The quantitative estimate of drug-likeness (QED) is 0.652. The number of benzene rings is 2. The van der Waals surface area contributed by atoms with Crippen LogP contribution in [-0.2, 0) is 4.74 Å². The maximum Gasteiger partial charge on any atom is 0.255 e. The predicted octanol–water partition coefficient (Wildman–Crippen LogP) is 4.68. The molecule has 0 spiro atoms. The second-order valence-corrected chi connectivity index (χ2v) is 6.65. The molecule has 27 heavy (non-hydrogen) atoms. The summed E-state index contributed by atoms with van der Waals surface area (Å²) < 4.78 is 17.0. The Bertz CT molecular complexity index is 723. The van der Waals surface area contributed by atoms with Gasteiger partial charge in [0, 0.05) is 23.9 Å². The summed E-state index contributed by atoms with van der Waals surface area (Å²) in [6.45, 7) is 4.18. The molecule has 1 unspecified atom stereocenters. The fourth-order valence-corrected chi connectivity index (χ4v) is 2.87. The largest absolute Gasteiger partial charge is 0.494 e. The SMILES string of the molecule is CCCCOc1cccc(NC(=O)c2ccc(OCC3CCCO3)cc2)c1. The molecule has 2 aromatic rings. The maximum atomic E-state index is 12.5. The monoisotopic (exact) mass is 369 g/mol. The molecule has 0 radical (unpaired) electrons. The van der Waals surface area contributed by atoms with Gasteiger partial charge >= 0.3 is 0 Å². The van der Waals surface area contributed by atoms with E-state index in [0.29, 0.717) is 24.5 Å². The summed E-state index contributed by atoms with van der Waals surface area (Å²) in [7, 11) is 0. The van der Waals surface area contributed by atoms with Crippen LogP contribution in [0.2, 0.25) is 0 Å². The highest BCUT2D eigenvalue weighted by atomic mass is 16.5. The Morgan fingerprint density at radius 3 is 2.74 bits per heavy atom. The highest BCUT2D eigenvalue weighted by molar-refractivity contribution is 6.04. The molecule has 1 saturated heterocycles. The molecule has 3 rings (SSSR count). The maximum absolute atomic E-state index is 12.5. The van der Waals surface area contributed by atoms with Crippen molar-refractivity contribution in [1.82, 2.24) is 0 Å². The normalized spacial score (nSPS) is 16.1. The fourth-order valence-electron chi connectivity index (χ4n) is 2.87. The van der Waals surface area contributed by atoms with Gasteiger partial charge < -0.3 is 19.5 Å². The fraction of sp³-hybridized carbons (Fsp3) is 0.409. The zero-order chi connectivity index (χ0) is 18.9. The molecular formula is C22H27NO4. The summed E-state index contributed by atoms with van der Waals surface area (Å²) in [5, 5.41) is 2.91. The molecular weight excluding hydrogens is 342 g/mol. The molecule has 5 nitrogen and oxygen atoms in total. The molecule has 1 aliphatic rings. The van der Waals surface area contributed by atoms with E-state index in [1.165, 1.54) is 0 Å². The van der Waals surface area contributed by atoms with E-state index in [4.69, 9.17) is 14.2 Å². The lowest BCUT2D eigenvalue weighted by Crippen LogP contribution is -2.16. The van der Waals surface area contributed by atoms with Crippen LogP contribution in [0.15, 0.2) is 48.5 Å². The van der Waals surface area contributed by atoms with Crippen LogP contribution in [0.4, 0.5) is 5.69 Å². The van der Waals surface area contributed by atoms with Crippen LogP contribution < -0.4 is 14.8 Å². The Morgan fingerprint density at radius 2 is 2.00 bits per heavy atom. The summed E-state index contributed by atoms with van der Waals surface area (Å²) >= 11 is 0. The van der Waals surface area contributed by atoms with Gasteiger partial charge in [0.05, 0.1) is 12.7 Å². The molecule has 2 aromatic carbocycles. The van der Waals surface area contributed by atoms with Gasteiger partial charge in [-0.15, -0.1) is 0 Å². The standard InChI is InChI=1S/C22H27NO4/c1-2-3-13-25-20-7-4-6-18(15-20)23-22(24)17-9-11-19(12-10-17)27-16-21-8-5-14-26-21/h4,6-7,9-12,15,21H,2-3,5,8,13-14,16H2,1H3,(H,23,24). The topological polar surface area (TPSA) is 56.8 Å². The van der Waals surface area contributed by atoms with Crippen LogP contribution in [0.1, 0.15) is 43.0 Å². The third-order valence-electron chi connectivity index (χ3n) is 4.43. The van der Waals surface area contributed by atoms with Crippen molar-refractivity contribution >= 4 is 11.6 Å². The van der Waals surface area contributed by atoms with Crippen molar-refractivity contribution in [2.45, 2.75) is 38.7 Å². The van der Waals surface area contributed by atoms with E-state index in [1.807, 2.05) is 36.4 Å². The average molecular weight is 369 g/mol. The lowest BCUT2D eigenvalue weighted by Gasteiger charge is -2.12. The predicted molar refractivity (Wildman–Crippen MR) is 106 cm³/mol. The number of carbonyl (C=O) groups excluding carboxylic acids is 1. The number of hydrogen-bond acceptors (Lipinski definition) is 4. The zero-order valence-electron chi connectivity index (χ0n) is 15.8. The summed E-state index contributed by atoms with van der Waals surface area (Å²) in [5.41, 5.74) is 1.30. The van der Waals surface area contributed by atoms with Crippen LogP contribution >= 0.6 is 0 Å². The first-order chi connectivity index (χ1) is 13.2. The Balaban J connectivity index is 1.52. The second-order valence-electron chi connectivity index (χ2n) is 6.65. The first kappa shape index (κ1) is 19.2. The smallest absolute Gasteiger partial charge is 0.255 e. The Hall–Kier alpha value is -2.53. The summed E-state index contributed by atoms with van der Waals surface area (Å²) in [5.74, 6) is 1.35. The first-order valence-corrected chi connectivity index (χ1v) is 9.63. The van der Waals surface area contributed by atoms with Crippen LogP contribution in [0, 0.1) is 0 Å². The van der Waals surface area contributed by atoms with Crippen LogP contribution in [0.5, 0.6) is 11.5 Å². The van der Waals surface area contributed by atoms with Crippen LogP contribution in [0.25, 0.3) is 0 Å². The van der Waals surface area contributed by atoms with Crippen molar-refractivity contribution in [2.24, 2.45) is 0 Å². The second kappa shape index (κ2) is 9.97. The Morgan fingerprint density at radius 1 is 1.15 bits per heavy atom. The van der Waals surface area contributed by atoms with E-state index >= 15 is 0 Å². The lowest BCUT2D eigenvalue weighted by molar-refractivity contribution is 0.0679. The summed E-state index contributed by atoms with van der Waals surface area (Å²) in [4.78, 5) is 12.5. The molecule has 0 aliphatic carbocycles. The summed E-state index contributed by atoms with van der Waals surface area (Å²) in [6, 6.07) is 14.6. The van der Waals surface area contributed by atoms with E-state index in [-0.39, 0.29) is 12.0 Å². The Labute approximate surface area is 160 Å². The minimum absolute atomic E-state index is 0.161. The number of unbranched alkanes of at least 4 members (excludes halogenated alkanes) is 1. The van der Waals surface area contributed by atoms with Crippen molar-refractivity contribution in [2.75, 3.05) is 25.1 Å². The van der Waals surface area contributed by atoms with Gasteiger partial charge in [-0.3, -0.25) is 4.79 Å². The average Bonchev–Trinajstić information content (AvgIpc) is 3.21. The molecule has 1 N–H and O–H groups in total. The number of rotatable bonds is 9.